The SMILES string of the molecule is CN(C)C(=O)c1sc2nc([C@H]3CCCN3Cc3cscn3)ccc2c1N. The highest BCUT2D eigenvalue weighted by Gasteiger charge is 2.28. The predicted molar refractivity (Wildman–Crippen MR) is 107 cm³/mol. The molecule has 0 aliphatic carbocycles. The Morgan fingerprint density at radius 3 is 3.00 bits per heavy atom. The summed E-state index contributed by atoms with van der Waals surface area (Å²) in [5.41, 5.74) is 10.8. The largest absolute Gasteiger partial charge is 0.397 e. The van der Waals surface area contributed by atoms with Gasteiger partial charge in [0.25, 0.3) is 5.91 Å². The van der Waals surface area contributed by atoms with Gasteiger partial charge in [-0.2, -0.15) is 0 Å². The summed E-state index contributed by atoms with van der Waals surface area (Å²) < 4.78 is 0. The van der Waals surface area contributed by atoms with Crippen molar-refractivity contribution in [3.05, 3.63) is 39.3 Å². The lowest BCUT2D eigenvalue weighted by Crippen LogP contribution is -2.23. The zero-order valence-electron chi connectivity index (χ0n) is 14.8. The van der Waals surface area contributed by atoms with Crippen molar-refractivity contribution in [1.82, 2.24) is 19.8 Å². The summed E-state index contributed by atoms with van der Waals surface area (Å²) in [6.45, 7) is 1.91. The molecule has 3 aromatic rings. The molecule has 0 aromatic carbocycles. The molecule has 6 nitrogen and oxygen atoms in total. The van der Waals surface area contributed by atoms with Crippen LogP contribution < -0.4 is 5.73 Å². The minimum Gasteiger partial charge on any atom is -0.397 e. The van der Waals surface area contributed by atoms with Crippen LogP contribution in [-0.4, -0.2) is 46.3 Å². The van der Waals surface area contributed by atoms with Crippen molar-refractivity contribution in [2.24, 2.45) is 0 Å². The number of hydrogen-bond acceptors (Lipinski definition) is 7. The van der Waals surface area contributed by atoms with E-state index in [2.05, 4.69) is 21.3 Å². The van der Waals surface area contributed by atoms with Crippen LogP contribution in [0.3, 0.4) is 0 Å². The van der Waals surface area contributed by atoms with Crippen LogP contribution >= 0.6 is 22.7 Å². The minimum absolute atomic E-state index is 0.0712. The monoisotopic (exact) mass is 387 g/mol. The highest BCUT2D eigenvalue weighted by atomic mass is 32.1. The fraction of sp³-hybridized carbons (Fsp3) is 0.389. The van der Waals surface area contributed by atoms with Crippen molar-refractivity contribution in [2.45, 2.75) is 25.4 Å². The molecule has 0 bridgehead atoms. The molecule has 4 rings (SSSR count). The lowest BCUT2D eigenvalue weighted by molar-refractivity contribution is 0.0833. The van der Waals surface area contributed by atoms with Gasteiger partial charge in [-0.3, -0.25) is 9.69 Å². The topological polar surface area (TPSA) is 75.4 Å². The number of nitrogens with zero attached hydrogens (tertiary/aromatic N) is 4. The number of nitrogens with two attached hydrogens (primary N) is 1. The smallest absolute Gasteiger partial charge is 0.265 e. The van der Waals surface area contributed by atoms with E-state index in [0.29, 0.717) is 10.6 Å². The molecule has 3 aromatic heterocycles. The van der Waals surface area contributed by atoms with Gasteiger partial charge in [0.1, 0.15) is 9.71 Å². The number of nitrogen functional groups attached to an aromatic ring is 1. The van der Waals surface area contributed by atoms with E-state index in [1.54, 1.807) is 30.3 Å². The zero-order chi connectivity index (χ0) is 18.3. The molecule has 1 saturated heterocycles. The molecular formula is C18H21N5OS2. The van der Waals surface area contributed by atoms with Crippen LogP contribution in [0.25, 0.3) is 10.2 Å². The Hall–Kier alpha value is -2.03. The number of hydrogen-bond donors (Lipinski definition) is 1. The van der Waals surface area contributed by atoms with E-state index in [0.717, 1.165) is 47.5 Å². The normalized spacial score (nSPS) is 17.8. The number of aromatic nitrogens is 2. The van der Waals surface area contributed by atoms with Gasteiger partial charge in [0, 0.05) is 31.4 Å². The summed E-state index contributed by atoms with van der Waals surface area (Å²) in [6.07, 6.45) is 2.25. The van der Waals surface area contributed by atoms with Crippen molar-refractivity contribution in [2.75, 3.05) is 26.4 Å². The maximum absolute atomic E-state index is 12.3. The Bertz CT molecular complexity index is 935. The first kappa shape index (κ1) is 17.4. The second-order valence-corrected chi connectivity index (χ2v) is 8.46. The van der Waals surface area contributed by atoms with Crippen molar-refractivity contribution in [3.8, 4) is 0 Å². The van der Waals surface area contributed by atoms with Gasteiger partial charge in [-0.1, -0.05) is 0 Å². The van der Waals surface area contributed by atoms with Gasteiger partial charge >= 0.3 is 0 Å². The van der Waals surface area contributed by atoms with Crippen molar-refractivity contribution in [3.63, 3.8) is 0 Å². The lowest BCUT2D eigenvalue weighted by Gasteiger charge is -2.23. The van der Waals surface area contributed by atoms with Gasteiger partial charge in [-0.05, 0) is 31.5 Å². The second-order valence-electron chi connectivity index (χ2n) is 6.74. The van der Waals surface area contributed by atoms with E-state index in [9.17, 15) is 4.79 Å². The van der Waals surface area contributed by atoms with Crippen LogP contribution in [-0.2, 0) is 6.54 Å². The van der Waals surface area contributed by atoms with Gasteiger partial charge in [0.05, 0.1) is 28.6 Å². The highest BCUT2D eigenvalue weighted by Crippen LogP contribution is 2.37. The van der Waals surface area contributed by atoms with Crippen LogP contribution in [0, 0.1) is 0 Å². The van der Waals surface area contributed by atoms with Crippen molar-refractivity contribution >= 4 is 44.5 Å². The summed E-state index contributed by atoms with van der Waals surface area (Å²) in [4.78, 5) is 27.0. The molecule has 8 heteroatoms. The summed E-state index contributed by atoms with van der Waals surface area (Å²) in [7, 11) is 3.47. The first-order valence-electron chi connectivity index (χ1n) is 8.56. The first-order valence-corrected chi connectivity index (χ1v) is 10.3. The average molecular weight is 388 g/mol. The Balaban J connectivity index is 1.65. The molecule has 1 amide bonds. The zero-order valence-corrected chi connectivity index (χ0v) is 16.4. The van der Waals surface area contributed by atoms with Gasteiger partial charge in [-0.25, -0.2) is 9.97 Å². The third-order valence-electron chi connectivity index (χ3n) is 4.77. The Morgan fingerprint density at radius 1 is 1.42 bits per heavy atom. The third-order valence-corrected chi connectivity index (χ3v) is 6.51. The molecule has 0 saturated carbocycles. The summed E-state index contributed by atoms with van der Waals surface area (Å²) in [6, 6.07) is 4.35. The third kappa shape index (κ3) is 3.08. The number of rotatable bonds is 4. The Morgan fingerprint density at radius 2 is 2.27 bits per heavy atom. The van der Waals surface area contributed by atoms with Crippen LogP contribution in [0.15, 0.2) is 23.0 Å². The van der Waals surface area contributed by atoms with Crippen LogP contribution in [0.4, 0.5) is 5.69 Å². The molecule has 2 N–H and O–H groups in total. The molecule has 136 valence electrons. The molecule has 0 unspecified atom stereocenters. The molecule has 4 heterocycles. The average Bonchev–Trinajstić information content (AvgIpc) is 3.35. The molecule has 1 fully saturated rings. The molecule has 26 heavy (non-hydrogen) atoms. The van der Waals surface area contributed by atoms with Crippen LogP contribution in [0.5, 0.6) is 0 Å². The van der Waals surface area contributed by atoms with Crippen LogP contribution in [0.1, 0.15) is 39.9 Å². The predicted octanol–water partition coefficient (Wildman–Crippen LogP) is 3.37. The quantitative estimate of drug-likeness (QED) is 0.743. The molecule has 1 aliphatic heterocycles. The minimum atomic E-state index is -0.0712. The van der Waals surface area contributed by atoms with Gasteiger partial charge in [0.15, 0.2) is 0 Å². The van der Waals surface area contributed by atoms with E-state index in [-0.39, 0.29) is 11.9 Å². The lowest BCUT2D eigenvalue weighted by atomic mass is 10.1. The van der Waals surface area contributed by atoms with E-state index in [4.69, 9.17) is 10.7 Å². The van der Waals surface area contributed by atoms with E-state index in [1.807, 2.05) is 11.6 Å². The highest BCUT2D eigenvalue weighted by molar-refractivity contribution is 7.21. The summed E-state index contributed by atoms with van der Waals surface area (Å²) >= 11 is 3.01. The van der Waals surface area contributed by atoms with E-state index in [1.165, 1.54) is 11.3 Å². The standard InChI is InChI=1S/C18H21N5OS2/c1-22(2)18(24)16-15(19)12-5-6-13(21-17(12)26-16)14-4-3-7-23(14)8-11-9-25-10-20-11/h5-6,9-10,14H,3-4,7-8,19H2,1-2H3/t14-/m1/s1. The van der Waals surface area contributed by atoms with Crippen molar-refractivity contribution < 1.29 is 4.79 Å². The number of thiazole rings is 1. The maximum atomic E-state index is 12.3. The van der Waals surface area contributed by atoms with Crippen molar-refractivity contribution in [1.29, 1.82) is 0 Å². The number of amides is 1. The van der Waals surface area contributed by atoms with E-state index >= 15 is 0 Å². The maximum Gasteiger partial charge on any atom is 0.265 e. The number of anilines is 1. The number of thiophene rings is 1. The van der Waals surface area contributed by atoms with Gasteiger partial charge in [-0.15, -0.1) is 22.7 Å². The van der Waals surface area contributed by atoms with E-state index < -0.39 is 0 Å². The second kappa shape index (κ2) is 6.94. The fourth-order valence-corrected chi connectivity index (χ4v) is 5.10. The number of carbonyl (C=O) groups excluding carboxylic acids is 1. The molecule has 0 radical (unpaired) electrons. The van der Waals surface area contributed by atoms with Gasteiger partial charge < -0.3 is 10.6 Å². The first-order chi connectivity index (χ1) is 12.5. The fourth-order valence-electron chi connectivity index (χ4n) is 3.43. The summed E-state index contributed by atoms with van der Waals surface area (Å²) in [5.74, 6) is -0.0712. The number of fused-ring (bicyclic) bond motifs is 1. The molecule has 1 atom stereocenters. The molecular weight excluding hydrogens is 366 g/mol. The van der Waals surface area contributed by atoms with Gasteiger partial charge in [0.2, 0.25) is 0 Å². The summed E-state index contributed by atoms with van der Waals surface area (Å²) in [5, 5.41) is 2.97. The molecule has 0 spiro atoms. The number of likely N-dealkylation sites (tertiary alicyclic amines) is 1. The number of pyridine rings is 1. The van der Waals surface area contributed by atoms with Crippen LogP contribution in [0.2, 0.25) is 0 Å². The number of carbonyl (C=O) groups is 1. The molecule has 1 aliphatic rings. The Labute approximate surface area is 160 Å². The Kier molecular flexibility index (Phi) is 4.64.